The maximum Gasteiger partial charge on any atom is 0.306 e. The molecule has 0 saturated heterocycles. The van der Waals surface area contributed by atoms with Gasteiger partial charge in [0.2, 0.25) is 0 Å². The van der Waals surface area contributed by atoms with E-state index in [1.807, 2.05) is 0 Å². The average Bonchev–Trinajstić information content (AvgIpc) is 3.21. The largest absolute Gasteiger partial charge is 0.462 e. The second-order valence-electron chi connectivity index (χ2n) is 15.3. The van der Waals surface area contributed by atoms with Crippen molar-refractivity contribution in [1.29, 1.82) is 0 Å². The fraction of sp³-hybridized carbons (Fsp3) is 0.706. The number of rotatable bonds is 41. The SMILES string of the molecule is CC/C=C\C/C=C\C/C=C\C/C=C\C/C=C\CCCCCCCCCC(=O)OCC(COC(=O)CCCCCCC)OC(=O)CCCCCCC/C=C\CCCC. The third kappa shape index (κ3) is 43.8. The highest BCUT2D eigenvalue weighted by atomic mass is 16.6. The molecule has 0 aliphatic carbocycles. The van der Waals surface area contributed by atoms with Gasteiger partial charge in [0.25, 0.3) is 0 Å². The van der Waals surface area contributed by atoms with Crippen LogP contribution in [0.25, 0.3) is 0 Å². The Kier molecular flexibility index (Phi) is 43.0. The number of hydrogen-bond acceptors (Lipinski definition) is 6. The lowest BCUT2D eigenvalue weighted by atomic mass is 10.1. The summed E-state index contributed by atoms with van der Waals surface area (Å²) in [6.07, 6.45) is 56.3. The predicted molar refractivity (Wildman–Crippen MR) is 242 cm³/mol. The Balaban J connectivity index is 4.17. The molecule has 0 bridgehead atoms. The highest BCUT2D eigenvalue weighted by Gasteiger charge is 2.19. The fourth-order valence-electron chi connectivity index (χ4n) is 6.15. The minimum Gasteiger partial charge on any atom is -0.462 e. The van der Waals surface area contributed by atoms with E-state index >= 15 is 0 Å². The maximum absolute atomic E-state index is 12.6. The molecule has 1 unspecified atom stereocenters. The van der Waals surface area contributed by atoms with Gasteiger partial charge in [-0.05, 0) is 83.5 Å². The topological polar surface area (TPSA) is 78.9 Å². The van der Waals surface area contributed by atoms with Gasteiger partial charge >= 0.3 is 17.9 Å². The Bertz CT molecular complexity index is 1100. The molecule has 57 heavy (non-hydrogen) atoms. The van der Waals surface area contributed by atoms with E-state index in [9.17, 15) is 14.4 Å². The van der Waals surface area contributed by atoms with E-state index in [1.54, 1.807) is 0 Å². The van der Waals surface area contributed by atoms with Crippen molar-refractivity contribution in [2.24, 2.45) is 0 Å². The molecule has 0 radical (unpaired) electrons. The van der Waals surface area contributed by atoms with Crippen molar-refractivity contribution in [2.75, 3.05) is 13.2 Å². The van der Waals surface area contributed by atoms with Gasteiger partial charge < -0.3 is 14.2 Å². The van der Waals surface area contributed by atoms with Gasteiger partial charge in [-0.2, -0.15) is 0 Å². The summed E-state index contributed by atoms with van der Waals surface area (Å²) in [5.74, 6) is -0.924. The molecule has 1 atom stereocenters. The van der Waals surface area contributed by atoms with Gasteiger partial charge in [-0.3, -0.25) is 14.4 Å². The van der Waals surface area contributed by atoms with Gasteiger partial charge in [0, 0.05) is 19.3 Å². The quantitative estimate of drug-likeness (QED) is 0.0265. The normalized spacial score (nSPS) is 12.7. The third-order valence-electron chi connectivity index (χ3n) is 9.70. The van der Waals surface area contributed by atoms with E-state index < -0.39 is 6.10 Å². The number of hydrogen-bond donors (Lipinski definition) is 0. The molecule has 326 valence electrons. The summed E-state index contributed by atoms with van der Waals surface area (Å²) >= 11 is 0. The van der Waals surface area contributed by atoms with Crippen molar-refractivity contribution in [3.63, 3.8) is 0 Å². The summed E-state index contributed by atoms with van der Waals surface area (Å²) in [5.41, 5.74) is 0. The van der Waals surface area contributed by atoms with Gasteiger partial charge in [0.1, 0.15) is 13.2 Å². The molecule has 0 aliphatic heterocycles. The van der Waals surface area contributed by atoms with Gasteiger partial charge in [-0.15, -0.1) is 0 Å². The van der Waals surface area contributed by atoms with Gasteiger partial charge in [0.05, 0.1) is 0 Å². The van der Waals surface area contributed by atoms with E-state index in [1.165, 1.54) is 57.8 Å². The van der Waals surface area contributed by atoms with Crippen LogP contribution in [-0.4, -0.2) is 37.2 Å². The minimum absolute atomic E-state index is 0.0837. The molecule has 0 aromatic rings. The summed E-state index contributed by atoms with van der Waals surface area (Å²) in [7, 11) is 0. The first-order valence-electron chi connectivity index (χ1n) is 23.4. The number of unbranched alkanes of at least 4 members (excludes halogenated alkanes) is 18. The molecule has 6 heteroatoms. The number of carbonyl (C=O) groups excluding carboxylic acids is 3. The molecule has 0 aromatic carbocycles. The summed E-state index contributed by atoms with van der Waals surface area (Å²) < 4.78 is 16.6. The van der Waals surface area contributed by atoms with Crippen molar-refractivity contribution >= 4 is 17.9 Å². The molecule has 0 rings (SSSR count). The minimum atomic E-state index is -0.778. The summed E-state index contributed by atoms with van der Waals surface area (Å²) in [6, 6.07) is 0. The van der Waals surface area contributed by atoms with E-state index in [2.05, 4.69) is 93.7 Å². The van der Waals surface area contributed by atoms with E-state index in [4.69, 9.17) is 14.2 Å². The van der Waals surface area contributed by atoms with Crippen molar-refractivity contribution in [3.05, 3.63) is 72.9 Å². The van der Waals surface area contributed by atoms with Crippen LogP contribution in [0.2, 0.25) is 0 Å². The lowest BCUT2D eigenvalue weighted by Crippen LogP contribution is -2.30. The van der Waals surface area contributed by atoms with Crippen LogP contribution in [0, 0.1) is 0 Å². The Morgan fingerprint density at radius 3 is 1.14 bits per heavy atom. The second kappa shape index (κ2) is 45.6. The fourth-order valence-corrected chi connectivity index (χ4v) is 6.15. The molecule has 0 amide bonds. The average molecular weight is 795 g/mol. The van der Waals surface area contributed by atoms with Crippen LogP contribution in [0.1, 0.15) is 213 Å². The monoisotopic (exact) mass is 795 g/mol. The first-order valence-corrected chi connectivity index (χ1v) is 23.4. The molecule has 0 heterocycles. The number of carbonyl (C=O) groups is 3. The number of allylic oxidation sites excluding steroid dienone is 12. The lowest BCUT2D eigenvalue weighted by molar-refractivity contribution is -0.167. The van der Waals surface area contributed by atoms with E-state index in [0.717, 1.165) is 116 Å². The van der Waals surface area contributed by atoms with Gasteiger partial charge in [-0.25, -0.2) is 0 Å². The van der Waals surface area contributed by atoms with Crippen molar-refractivity contribution in [3.8, 4) is 0 Å². The Morgan fingerprint density at radius 2 is 0.702 bits per heavy atom. The Labute approximate surface area is 351 Å². The zero-order valence-electron chi connectivity index (χ0n) is 37.1. The molecule has 0 fully saturated rings. The van der Waals surface area contributed by atoms with E-state index in [-0.39, 0.29) is 31.1 Å². The molecule has 0 saturated carbocycles. The van der Waals surface area contributed by atoms with E-state index in [0.29, 0.717) is 19.3 Å². The standard InChI is InChI=1S/C51H86O6/c1-4-7-10-13-15-17-19-20-21-22-23-24-25-26-27-28-29-30-32-33-35-38-41-44-50(53)56-47-48(46-55-49(52)43-40-37-12-9-6-3)57-51(54)45-42-39-36-34-31-18-16-14-11-8-5-2/h7,10,14-17,20-21,23-24,26-27,48H,4-6,8-9,11-13,18-19,22,25,28-47H2,1-3H3/b10-7-,16-14-,17-15-,21-20-,24-23-,27-26-. The summed E-state index contributed by atoms with van der Waals surface area (Å²) in [6.45, 7) is 6.37. The Morgan fingerprint density at radius 1 is 0.368 bits per heavy atom. The van der Waals surface area contributed by atoms with Crippen molar-refractivity contribution < 1.29 is 28.6 Å². The van der Waals surface area contributed by atoms with Gasteiger partial charge in [0.15, 0.2) is 6.10 Å². The number of esters is 3. The Hall–Kier alpha value is -3.15. The van der Waals surface area contributed by atoms with Crippen LogP contribution in [-0.2, 0) is 28.6 Å². The lowest BCUT2D eigenvalue weighted by Gasteiger charge is -2.18. The molecule has 0 aromatic heterocycles. The molecular weight excluding hydrogens is 709 g/mol. The molecule has 6 nitrogen and oxygen atoms in total. The first-order chi connectivity index (χ1) is 28.0. The first kappa shape index (κ1) is 53.9. The van der Waals surface area contributed by atoms with Crippen molar-refractivity contribution in [1.82, 2.24) is 0 Å². The number of ether oxygens (including phenoxy) is 3. The smallest absolute Gasteiger partial charge is 0.306 e. The zero-order valence-corrected chi connectivity index (χ0v) is 37.1. The second-order valence-corrected chi connectivity index (χ2v) is 15.3. The molecular formula is C51H86O6. The maximum atomic E-state index is 12.6. The zero-order chi connectivity index (χ0) is 41.5. The predicted octanol–water partition coefficient (Wildman–Crippen LogP) is 15.1. The van der Waals surface area contributed by atoms with Crippen LogP contribution in [0.4, 0.5) is 0 Å². The third-order valence-corrected chi connectivity index (χ3v) is 9.70. The van der Waals surface area contributed by atoms with Crippen LogP contribution in [0.15, 0.2) is 72.9 Å². The highest BCUT2D eigenvalue weighted by Crippen LogP contribution is 2.13. The van der Waals surface area contributed by atoms with Crippen molar-refractivity contribution in [2.45, 2.75) is 219 Å². The molecule has 0 aliphatic rings. The van der Waals surface area contributed by atoms with Gasteiger partial charge in [-0.1, -0.05) is 184 Å². The van der Waals surface area contributed by atoms with Crippen LogP contribution >= 0.6 is 0 Å². The van der Waals surface area contributed by atoms with Crippen LogP contribution in [0.5, 0.6) is 0 Å². The molecule has 0 spiro atoms. The van der Waals surface area contributed by atoms with Crippen LogP contribution < -0.4 is 0 Å². The highest BCUT2D eigenvalue weighted by molar-refractivity contribution is 5.71. The summed E-state index contributed by atoms with van der Waals surface area (Å²) in [4.78, 5) is 37.5. The van der Waals surface area contributed by atoms with Crippen LogP contribution in [0.3, 0.4) is 0 Å². The molecule has 0 N–H and O–H groups in total. The summed E-state index contributed by atoms with van der Waals surface area (Å²) in [5, 5.41) is 0.